The maximum absolute atomic E-state index is 13.5. The van der Waals surface area contributed by atoms with Crippen LogP contribution in [0.15, 0.2) is 42.5 Å². The van der Waals surface area contributed by atoms with Crippen LogP contribution in [-0.4, -0.2) is 57.1 Å². The fourth-order valence-corrected chi connectivity index (χ4v) is 5.29. The van der Waals surface area contributed by atoms with E-state index >= 15 is 0 Å². The summed E-state index contributed by atoms with van der Waals surface area (Å²) < 4.78 is 31.4. The van der Waals surface area contributed by atoms with Gasteiger partial charge in [0.05, 0.1) is 24.1 Å². The molecule has 1 N–H and O–H groups in total. The van der Waals surface area contributed by atoms with Gasteiger partial charge in [-0.05, 0) is 62.9 Å². The van der Waals surface area contributed by atoms with Crippen LogP contribution in [0, 0.1) is 6.92 Å². The molecule has 0 saturated heterocycles. The lowest BCUT2D eigenvalue weighted by Crippen LogP contribution is -2.50. The lowest BCUT2D eigenvalue weighted by Gasteiger charge is -2.32. The van der Waals surface area contributed by atoms with E-state index < -0.39 is 16.1 Å². The Balaban J connectivity index is 2.25. The molecule has 1 atom stereocenters. The van der Waals surface area contributed by atoms with E-state index in [1.165, 1.54) is 17.5 Å². The molecule has 10 heteroatoms. The van der Waals surface area contributed by atoms with E-state index in [1.54, 1.807) is 17.0 Å². The first-order valence-electron chi connectivity index (χ1n) is 12.3. The molecular weight excluding hydrogens is 514 g/mol. The van der Waals surface area contributed by atoms with Crippen molar-refractivity contribution in [3.63, 3.8) is 0 Å². The number of aryl methyl sites for hydroxylation is 1. The fourth-order valence-electron chi connectivity index (χ4n) is 4.09. The Kier molecular flexibility index (Phi) is 11.3. The number of rotatable bonds is 13. The normalized spacial score (nSPS) is 12.2. The van der Waals surface area contributed by atoms with Gasteiger partial charge in [0.15, 0.2) is 0 Å². The van der Waals surface area contributed by atoms with Gasteiger partial charge >= 0.3 is 0 Å². The minimum absolute atomic E-state index is 0.0587. The summed E-state index contributed by atoms with van der Waals surface area (Å²) in [5.41, 5.74) is 2.37. The Morgan fingerprint density at radius 2 is 1.81 bits per heavy atom. The molecule has 0 aliphatic rings. The second-order valence-corrected chi connectivity index (χ2v) is 11.6. The number of hydrogen-bond acceptors (Lipinski definition) is 5. The average Bonchev–Trinajstić information content (AvgIpc) is 2.81. The smallest absolute Gasteiger partial charge is 0.243 e. The quantitative estimate of drug-likeness (QED) is 0.394. The molecule has 0 fully saturated rings. The van der Waals surface area contributed by atoms with Crippen LogP contribution in [-0.2, 0) is 26.2 Å². The molecule has 0 aromatic heterocycles. The zero-order valence-electron chi connectivity index (χ0n) is 22.5. The van der Waals surface area contributed by atoms with E-state index in [2.05, 4.69) is 5.32 Å². The van der Waals surface area contributed by atoms with E-state index in [4.69, 9.17) is 16.3 Å². The number of sulfonamides is 1. The standard InChI is InChI=1S/C27H38ClN3O5S/c1-7-24(27(33)29-19(2)3)30(18-21-12-9-8-11-20(21)4)26(32)13-10-16-31(37(6,34)35)22-14-15-25(36-5)23(28)17-22/h8-9,11-12,14-15,17,19,24H,7,10,13,16,18H2,1-6H3,(H,29,33). The molecule has 2 aromatic carbocycles. The Hall–Kier alpha value is -2.78. The van der Waals surface area contributed by atoms with Crippen molar-refractivity contribution in [2.24, 2.45) is 0 Å². The maximum Gasteiger partial charge on any atom is 0.243 e. The summed E-state index contributed by atoms with van der Waals surface area (Å²) in [6, 6.07) is 11.8. The number of benzene rings is 2. The van der Waals surface area contributed by atoms with Crippen LogP contribution < -0.4 is 14.4 Å². The van der Waals surface area contributed by atoms with E-state index in [-0.39, 0.29) is 42.3 Å². The highest BCUT2D eigenvalue weighted by Gasteiger charge is 2.29. The van der Waals surface area contributed by atoms with Gasteiger partial charge in [-0.25, -0.2) is 8.42 Å². The van der Waals surface area contributed by atoms with Crippen molar-refractivity contribution in [2.75, 3.05) is 24.2 Å². The molecule has 8 nitrogen and oxygen atoms in total. The maximum atomic E-state index is 13.5. The number of amides is 2. The molecule has 2 aromatic rings. The van der Waals surface area contributed by atoms with Crippen molar-refractivity contribution < 1.29 is 22.7 Å². The molecule has 0 spiro atoms. The third kappa shape index (κ3) is 8.64. The molecule has 0 aliphatic heterocycles. The van der Waals surface area contributed by atoms with Crippen LogP contribution in [0.1, 0.15) is 51.2 Å². The van der Waals surface area contributed by atoms with Gasteiger partial charge in [0.2, 0.25) is 21.8 Å². The lowest BCUT2D eigenvalue weighted by molar-refractivity contribution is -0.141. The van der Waals surface area contributed by atoms with Gasteiger partial charge in [-0.2, -0.15) is 0 Å². The largest absolute Gasteiger partial charge is 0.495 e. The van der Waals surface area contributed by atoms with Gasteiger partial charge in [-0.15, -0.1) is 0 Å². The van der Waals surface area contributed by atoms with E-state index in [0.29, 0.717) is 24.4 Å². The molecule has 1 unspecified atom stereocenters. The first-order valence-corrected chi connectivity index (χ1v) is 14.6. The third-order valence-corrected chi connectivity index (χ3v) is 7.48. The molecule has 2 amide bonds. The van der Waals surface area contributed by atoms with E-state index in [1.807, 2.05) is 52.0 Å². The summed E-state index contributed by atoms with van der Waals surface area (Å²) >= 11 is 6.21. The van der Waals surface area contributed by atoms with Crippen molar-refractivity contribution in [3.8, 4) is 5.75 Å². The molecular formula is C27H38ClN3O5S. The first kappa shape index (κ1) is 30.4. The summed E-state index contributed by atoms with van der Waals surface area (Å²) in [6.45, 7) is 7.98. The van der Waals surface area contributed by atoms with Crippen molar-refractivity contribution in [2.45, 2.75) is 65.6 Å². The van der Waals surface area contributed by atoms with Crippen LogP contribution >= 0.6 is 11.6 Å². The summed E-state index contributed by atoms with van der Waals surface area (Å²) in [5.74, 6) is 0.0199. The number of ether oxygens (including phenoxy) is 1. The molecule has 37 heavy (non-hydrogen) atoms. The van der Waals surface area contributed by atoms with Gasteiger partial charge in [-0.1, -0.05) is 42.8 Å². The minimum atomic E-state index is -3.63. The van der Waals surface area contributed by atoms with Gasteiger partial charge in [0, 0.05) is 25.6 Å². The molecule has 0 radical (unpaired) electrons. The number of carbonyl (C=O) groups excluding carboxylic acids is 2. The van der Waals surface area contributed by atoms with Gasteiger partial charge in [0.25, 0.3) is 0 Å². The monoisotopic (exact) mass is 551 g/mol. The van der Waals surface area contributed by atoms with Crippen molar-refractivity contribution in [3.05, 3.63) is 58.6 Å². The Bertz CT molecular complexity index is 1190. The van der Waals surface area contributed by atoms with Crippen molar-refractivity contribution in [1.82, 2.24) is 10.2 Å². The number of methoxy groups -OCH3 is 1. The zero-order chi connectivity index (χ0) is 27.8. The average molecular weight is 552 g/mol. The van der Waals surface area contributed by atoms with Crippen LogP contribution in [0.5, 0.6) is 5.75 Å². The number of hydrogen-bond donors (Lipinski definition) is 1. The zero-order valence-corrected chi connectivity index (χ0v) is 24.0. The highest BCUT2D eigenvalue weighted by Crippen LogP contribution is 2.30. The Labute approximate surface area is 226 Å². The second kappa shape index (κ2) is 13.7. The van der Waals surface area contributed by atoms with Crippen LogP contribution in [0.4, 0.5) is 5.69 Å². The third-order valence-electron chi connectivity index (χ3n) is 5.99. The first-order chi connectivity index (χ1) is 17.4. The summed E-state index contributed by atoms with van der Waals surface area (Å²) in [7, 11) is -2.15. The van der Waals surface area contributed by atoms with Crippen LogP contribution in [0.3, 0.4) is 0 Å². The number of halogens is 1. The Morgan fingerprint density at radius 1 is 1.14 bits per heavy atom. The van der Waals surface area contributed by atoms with Crippen LogP contribution in [0.25, 0.3) is 0 Å². The molecule has 0 aliphatic carbocycles. The molecule has 0 bridgehead atoms. The van der Waals surface area contributed by atoms with E-state index in [0.717, 1.165) is 17.4 Å². The Morgan fingerprint density at radius 3 is 2.35 bits per heavy atom. The van der Waals surface area contributed by atoms with Gasteiger partial charge in [-0.3, -0.25) is 13.9 Å². The predicted molar refractivity (Wildman–Crippen MR) is 149 cm³/mol. The summed E-state index contributed by atoms with van der Waals surface area (Å²) in [4.78, 5) is 28.1. The number of nitrogens with one attached hydrogen (secondary N) is 1. The van der Waals surface area contributed by atoms with Gasteiger partial charge < -0.3 is 15.0 Å². The molecule has 0 saturated carbocycles. The number of anilines is 1. The van der Waals surface area contributed by atoms with Crippen molar-refractivity contribution >= 4 is 39.1 Å². The van der Waals surface area contributed by atoms with E-state index in [9.17, 15) is 18.0 Å². The van der Waals surface area contributed by atoms with Gasteiger partial charge in [0.1, 0.15) is 11.8 Å². The highest BCUT2D eigenvalue weighted by atomic mass is 35.5. The number of nitrogens with zero attached hydrogens (tertiary/aromatic N) is 2. The lowest BCUT2D eigenvalue weighted by atomic mass is 10.0. The second-order valence-electron chi connectivity index (χ2n) is 9.29. The van der Waals surface area contributed by atoms with Crippen molar-refractivity contribution in [1.29, 1.82) is 0 Å². The van der Waals surface area contributed by atoms with Crippen LogP contribution in [0.2, 0.25) is 5.02 Å². The predicted octanol–water partition coefficient (Wildman–Crippen LogP) is 4.54. The highest BCUT2D eigenvalue weighted by molar-refractivity contribution is 7.92. The fraction of sp³-hybridized carbons (Fsp3) is 0.481. The minimum Gasteiger partial charge on any atom is -0.495 e. The molecule has 204 valence electrons. The topological polar surface area (TPSA) is 96.0 Å². The summed E-state index contributed by atoms with van der Waals surface area (Å²) in [6.07, 6.45) is 1.91. The molecule has 2 rings (SSSR count). The SMILES string of the molecule is CCC(C(=O)NC(C)C)N(Cc1ccccc1C)C(=O)CCCN(c1ccc(OC)c(Cl)c1)S(C)(=O)=O. The number of carbonyl (C=O) groups is 2. The molecule has 0 heterocycles. The summed E-state index contributed by atoms with van der Waals surface area (Å²) in [5, 5.41) is 3.20.